The maximum Gasteiger partial charge on any atom is 0.391 e. The van der Waals surface area contributed by atoms with E-state index >= 15 is 0 Å². The fourth-order valence-corrected chi connectivity index (χ4v) is 3.37. The first-order valence-electron chi connectivity index (χ1n) is 6.15. The molecule has 1 aliphatic heterocycles. The van der Waals surface area contributed by atoms with Crippen molar-refractivity contribution in [1.29, 1.82) is 0 Å². The van der Waals surface area contributed by atoms with Crippen molar-refractivity contribution < 1.29 is 18.0 Å². The number of halogens is 4. The van der Waals surface area contributed by atoms with Gasteiger partial charge in [-0.25, -0.2) is 0 Å². The number of hydrogen-bond donors (Lipinski definition) is 2. The maximum atomic E-state index is 12.5. The Kier molecular flexibility index (Phi) is 6.26. The van der Waals surface area contributed by atoms with E-state index in [0.717, 1.165) is 11.6 Å². The molecular weight excluding hydrogens is 301 g/mol. The second-order valence-corrected chi connectivity index (χ2v) is 5.90. The zero-order valence-electron chi connectivity index (χ0n) is 10.3. The maximum absolute atomic E-state index is 12.5. The Bertz CT molecular complexity index is 303. The van der Waals surface area contributed by atoms with Crippen molar-refractivity contribution >= 4 is 30.1 Å². The van der Waals surface area contributed by atoms with Crippen LogP contribution < -0.4 is 10.6 Å². The number of thioether (sulfide) groups is 1. The minimum absolute atomic E-state index is 0. The smallest absolute Gasteiger partial charge is 0.352 e. The molecule has 19 heavy (non-hydrogen) atoms. The van der Waals surface area contributed by atoms with Gasteiger partial charge in [-0.05, 0) is 25.7 Å². The average Bonchev–Trinajstić information content (AvgIpc) is 2.82. The van der Waals surface area contributed by atoms with Crippen molar-refractivity contribution in [3.63, 3.8) is 0 Å². The summed E-state index contributed by atoms with van der Waals surface area (Å²) in [7, 11) is 0. The molecule has 1 heterocycles. The van der Waals surface area contributed by atoms with Gasteiger partial charge in [-0.15, -0.1) is 24.2 Å². The summed E-state index contributed by atoms with van der Waals surface area (Å²) in [4.78, 5) is 11.8. The predicted octanol–water partition coefficient (Wildman–Crippen LogP) is 2.31. The molecule has 0 aromatic carbocycles. The fourth-order valence-electron chi connectivity index (χ4n) is 2.43. The Balaban J connectivity index is 0.00000180. The minimum atomic E-state index is -4.08. The van der Waals surface area contributed by atoms with Gasteiger partial charge in [0.05, 0.1) is 12.0 Å². The van der Waals surface area contributed by atoms with Crippen molar-refractivity contribution in [3.8, 4) is 0 Å². The third-order valence-corrected chi connectivity index (χ3v) is 4.51. The molecule has 2 fully saturated rings. The van der Waals surface area contributed by atoms with Gasteiger partial charge in [-0.3, -0.25) is 10.1 Å². The third-order valence-electron chi connectivity index (χ3n) is 3.57. The lowest BCUT2D eigenvalue weighted by atomic mass is 9.85. The van der Waals surface area contributed by atoms with Crippen LogP contribution in [0.15, 0.2) is 0 Å². The molecular formula is C11H18ClF3N2OS. The van der Waals surface area contributed by atoms with E-state index in [4.69, 9.17) is 0 Å². The lowest BCUT2D eigenvalue weighted by molar-refractivity contribution is -0.182. The van der Waals surface area contributed by atoms with Crippen LogP contribution in [0.1, 0.15) is 25.7 Å². The van der Waals surface area contributed by atoms with Gasteiger partial charge >= 0.3 is 6.18 Å². The van der Waals surface area contributed by atoms with Crippen molar-refractivity contribution in [2.75, 3.05) is 11.6 Å². The Hall–Kier alpha value is -0.140. The highest BCUT2D eigenvalue weighted by molar-refractivity contribution is 7.99. The molecule has 2 N–H and O–H groups in total. The molecule has 1 saturated carbocycles. The Morgan fingerprint density at radius 2 is 1.84 bits per heavy atom. The highest BCUT2D eigenvalue weighted by Crippen LogP contribution is 2.37. The number of nitrogens with one attached hydrogen (secondary N) is 2. The number of rotatable bonds is 2. The number of hydrogen-bond acceptors (Lipinski definition) is 3. The van der Waals surface area contributed by atoms with Crippen LogP contribution in [0, 0.1) is 5.92 Å². The molecule has 0 radical (unpaired) electrons. The third kappa shape index (κ3) is 4.72. The van der Waals surface area contributed by atoms with E-state index in [0.29, 0.717) is 12.8 Å². The van der Waals surface area contributed by atoms with Gasteiger partial charge in [0.25, 0.3) is 0 Å². The number of alkyl halides is 3. The first-order valence-corrected chi connectivity index (χ1v) is 7.30. The van der Waals surface area contributed by atoms with Crippen LogP contribution in [0.25, 0.3) is 0 Å². The number of carbonyl (C=O) groups is 1. The zero-order valence-corrected chi connectivity index (χ0v) is 12.0. The van der Waals surface area contributed by atoms with Gasteiger partial charge in [0.1, 0.15) is 0 Å². The molecule has 1 amide bonds. The Labute approximate surface area is 120 Å². The van der Waals surface area contributed by atoms with Gasteiger partial charge in [0.2, 0.25) is 5.91 Å². The van der Waals surface area contributed by atoms with E-state index in [1.807, 2.05) is 0 Å². The molecule has 3 nitrogen and oxygen atoms in total. The largest absolute Gasteiger partial charge is 0.391 e. The average molecular weight is 319 g/mol. The van der Waals surface area contributed by atoms with Crippen LogP contribution in [0.5, 0.6) is 0 Å². The van der Waals surface area contributed by atoms with Crippen LogP contribution in [0.3, 0.4) is 0 Å². The van der Waals surface area contributed by atoms with E-state index in [1.54, 1.807) is 11.8 Å². The predicted molar refractivity (Wildman–Crippen MR) is 71.4 cm³/mol. The molecule has 1 saturated heterocycles. The Morgan fingerprint density at radius 1 is 1.21 bits per heavy atom. The Morgan fingerprint density at radius 3 is 2.32 bits per heavy atom. The van der Waals surface area contributed by atoms with Crippen molar-refractivity contribution in [2.24, 2.45) is 5.92 Å². The molecule has 0 aromatic heterocycles. The summed E-state index contributed by atoms with van der Waals surface area (Å²) < 4.78 is 37.4. The van der Waals surface area contributed by atoms with Crippen molar-refractivity contribution in [1.82, 2.24) is 10.6 Å². The summed E-state index contributed by atoms with van der Waals surface area (Å²) in [5, 5.41) is 5.90. The second-order valence-electron chi connectivity index (χ2n) is 4.87. The molecule has 2 aliphatic rings. The summed E-state index contributed by atoms with van der Waals surface area (Å²) in [6.45, 7) is 0. The van der Waals surface area contributed by atoms with Crippen molar-refractivity contribution in [3.05, 3.63) is 0 Å². The molecule has 2 rings (SSSR count). The molecule has 1 unspecified atom stereocenters. The molecule has 0 spiro atoms. The minimum Gasteiger partial charge on any atom is -0.352 e. The molecule has 0 bridgehead atoms. The molecule has 1 aliphatic carbocycles. The molecule has 1 atom stereocenters. The van der Waals surface area contributed by atoms with Gasteiger partial charge in [-0.2, -0.15) is 13.2 Å². The summed E-state index contributed by atoms with van der Waals surface area (Å²) in [5.74, 6) is 0.240. The molecule has 112 valence electrons. The van der Waals surface area contributed by atoms with E-state index in [1.165, 1.54) is 0 Å². The van der Waals surface area contributed by atoms with Crippen LogP contribution in [-0.2, 0) is 4.79 Å². The highest BCUT2D eigenvalue weighted by atomic mass is 35.5. The normalized spacial score (nSPS) is 31.6. The zero-order chi connectivity index (χ0) is 13.2. The van der Waals surface area contributed by atoms with Crippen molar-refractivity contribution in [2.45, 2.75) is 43.9 Å². The SMILES string of the molecule is Cl.O=C(NC1CCC(C(F)(F)F)CC1)C1CSCN1. The molecule has 0 aromatic rings. The van der Waals surface area contributed by atoms with Gasteiger partial charge in [0.15, 0.2) is 0 Å². The van der Waals surface area contributed by atoms with Gasteiger partial charge in [0, 0.05) is 17.7 Å². The lowest BCUT2D eigenvalue weighted by Gasteiger charge is -2.30. The van der Waals surface area contributed by atoms with E-state index in [-0.39, 0.29) is 43.2 Å². The lowest BCUT2D eigenvalue weighted by Crippen LogP contribution is -2.48. The summed E-state index contributed by atoms with van der Waals surface area (Å²) in [6.07, 6.45) is -2.98. The number of amides is 1. The summed E-state index contributed by atoms with van der Waals surface area (Å²) in [5.41, 5.74) is 0. The molecule has 8 heteroatoms. The quantitative estimate of drug-likeness (QED) is 0.821. The van der Waals surface area contributed by atoms with Crippen LogP contribution >= 0.6 is 24.2 Å². The summed E-state index contributed by atoms with van der Waals surface area (Å²) >= 11 is 1.66. The van der Waals surface area contributed by atoms with Crippen LogP contribution in [-0.4, -0.2) is 35.8 Å². The van der Waals surface area contributed by atoms with Crippen LogP contribution in [0.4, 0.5) is 13.2 Å². The number of carbonyl (C=O) groups excluding carboxylic acids is 1. The topological polar surface area (TPSA) is 41.1 Å². The summed E-state index contributed by atoms with van der Waals surface area (Å²) in [6, 6.07) is -0.279. The highest BCUT2D eigenvalue weighted by Gasteiger charge is 2.41. The first kappa shape index (κ1) is 16.9. The van der Waals surface area contributed by atoms with Gasteiger partial charge < -0.3 is 5.32 Å². The van der Waals surface area contributed by atoms with E-state index < -0.39 is 12.1 Å². The second kappa shape index (κ2) is 7.04. The van der Waals surface area contributed by atoms with Gasteiger partial charge in [-0.1, -0.05) is 0 Å². The van der Waals surface area contributed by atoms with E-state index in [2.05, 4.69) is 10.6 Å². The first-order chi connectivity index (χ1) is 8.47. The fraction of sp³-hybridized carbons (Fsp3) is 0.909. The van der Waals surface area contributed by atoms with E-state index in [9.17, 15) is 18.0 Å². The standard InChI is InChI=1S/C11H17F3N2OS.ClH/c12-11(13,14)7-1-3-8(4-2-7)16-10(17)9-5-18-6-15-9;/h7-9,15H,1-6H2,(H,16,17);1H. The monoisotopic (exact) mass is 318 g/mol. The van der Waals surface area contributed by atoms with Crippen LogP contribution in [0.2, 0.25) is 0 Å².